The monoisotopic (exact) mass is 283 g/mol. The lowest BCUT2D eigenvalue weighted by Crippen LogP contribution is -2.04. The van der Waals surface area contributed by atoms with Crippen molar-refractivity contribution >= 4 is 28.9 Å². The fraction of sp³-hybridized carbons (Fsp3) is 0.167. The molecule has 1 N–H and O–H groups in total. The summed E-state index contributed by atoms with van der Waals surface area (Å²) in [6.07, 6.45) is 0. The van der Waals surface area contributed by atoms with Gasteiger partial charge in [-0.1, -0.05) is 17.7 Å². The lowest BCUT2D eigenvalue weighted by atomic mass is 10.2. The summed E-state index contributed by atoms with van der Waals surface area (Å²) in [6, 6.07) is 4.75. The van der Waals surface area contributed by atoms with Gasteiger partial charge in [-0.05, 0) is 19.1 Å². The maximum atomic E-state index is 11.1. The molecule has 1 heterocycles. The van der Waals surface area contributed by atoms with Crippen LogP contribution in [0.4, 0.5) is 0 Å². The summed E-state index contributed by atoms with van der Waals surface area (Å²) in [5.41, 5.74) is 0.899. The molecule has 4 nitrogen and oxygen atoms in total. The Bertz CT molecular complexity index is 582. The number of carbonyl (C=O) groups is 1. The predicted molar refractivity (Wildman–Crippen MR) is 69.6 cm³/mol. The minimum Gasteiger partial charge on any atom is -0.485 e. The highest BCUT2D eigenvalue weighted by Crippen LogP contribution is 2.27. The van der Waals surface area contributed by atoms with Crippen LogP contribution in [0, 0.1) is 6.92 Å². The topological polar surface area (TPSA) is 59.4 Å². The molecule has 18 heavy (non-hydrogen) atoms. The van der Waals surface area contributed by atoms with Gasteiger partial charge >= 0.3 is 5.97 Å². The third kappa shape index (κ3) is 2.80. The first kappa shape index (κ1) is 12.9. The fourth-order valence-corrected chi connectivity index (χ4v) is 2.37. The summed E-state index contributed by atoms with van der Waals surface area (Å²) in [5.74, 6) is -0.853. The van der Waals surface area contributed by atoms with Crippen molar-refractivity contribution in [2.24, 2.45) is 0 Å². The zero-order valence-corrected chi connectivity index (χ0v) is 11.1. The number of hydrogen-bond donors (Lipinski definition) is 1. The summed E-state index contributed by atoms with van der Waals surface area (Å²) in [7, 11) is 0. The number of carboxylic acid groups (broad SMARTS) is 1. The van der Waals surface area contributed by atoms with Crippen molar-refractivity contribution in [3.63, 3.8) is 0 Å². The van der Waals surface area contributed by atoms with Gasteiger partial charge in [-0.3, -0.25) is 0 Å². The van der Waals surface area contributed by atoms with Gasteiger partial charge in [0.15, 0.2) is 0 Å². The summed E-state index contributed by atoms with van der Waals surface area (Å²) in [5, 5.41) is 11.9. The van der Waals surface area contributed by atoms with Gasteiger partial charge in [0.1, 0.15) is 22.9 Å². The molecule has 0 amide bonds. The number of hydrogen-bond acceptors (Lipinski definition) is 4. The van der Waals surface area contributed by atoms with Crippen LogP contribution in [-0.2, 0) is 6.61 Å². The Balaban J connectivity index is 2.19. The first-order chi connectivity index (χ1) is 8.58. The van der Waals surface area contributed by atoms with Crippen LogP contribution in [0.5, 0.6) is 5.75 Å². The number of aryl methyl sites for hydroxylation is 1. The molecule has 2 aromatic rings. The number of rotatable bonds is 4. The second-order valence-electron chi connectivity index (χ2n) is 3.59. The number of carboxylic acids is 1. The van der Waals surface area contributed by atoms with Gasteiger partial charge < -0.3 is 9.84 Å². The van der Waals surface area contributed by atoms with Crippen LogP contribution in [0.2, 0.25) is 5.02 Å². The van der Waals surface area contributed by atoms with Crippen molar-refractivity contribution in [1.82, 2.24) is 4.98 Å². The minimum absolute atomic E-state index is 0.0209. The molecule has 0 spiro atoms. The van der Waals surface area contributed by atoms with E-state index in [-0.39, 0.29) is 22.9 Å². The van der Waals surface area contributed by atoms with Gasteiger partial charge in [-0.25, -0.2) is 9.78 Å². The van der Waals surface area contributed by atoms with Crippen molar-refractivity contribution in [1.29, 1.82) is 0 Å². The normalized spacial score (nSPS) is 10.3. The first-order valence-corrected chi connectivity index (χ1v) is 6.39. The van der Waals surface area contributed by atoms with E-state index in [4.69, 9.17) is 21.4 Å². The van der Waals surface area contributed by atoms with Crippen molar-refractivity contribution in [2.45, 2.75) is 13.5 Å². The molecule has 1 aromatic heterocycles. The number of halogens is 1. The van der Waals surface area contributed by atoms with Gasteiger partial charge in [-0.15, -0.1) is 11.3 Å². The summed E-state index contributed by atoms with van der Waals surface area (Å²) >= 11 is 7.31. The Morgan fingerprint density at radius 1 is 1.56 bits per heavy atom. The van der Waals surface area contributed by atoms with E-state index in [9.17, 15) is 4.79 Å². The number of ether oxygens (including phenoxy) is 1. The molecule has 0 radical (unpaired) electrons. The number of benzene rings is 1. The number of aromatic nitrogens is 1. The third-order valence-electron chi connectivity index (χ3n) is 2.21. The summed E-state index contributed by atoms with van der Waals surface area (Å²) in [6.45, 7) is 2.13. The fourth-order valence-electron chi connectivity index (χ4n) is 1.44. The van der Waals surface area contributed by atoms with E-state index < -0.39 is 5.97 Å². The zero-order chi connectivity index (χ0) is 13.1. The van der Waals surface area contributed by atoms with E-state index in [1.165, 1.54) is 17.4 Å². The van der Waals surface area contributed by atoms with Crippen molar-refractivity contribution in [3.05, 3.63) is 44.9 Å². The average molecular weight is 284 g/mol. The van der Waals surface area contributed by atoms with Crippen LogP contribution in [-0.4, -0.2) is 16.1 Å². The van der Waals surface area contributed by atoms with Gasteiger partial charge in [0.25, 0.3) is 0 Å². The van der Waals surface area contributed by atoms with E-state index in [1.807, 2.05) is 12.3 Å². The van der Waals surface area contributed by atoms with Crippen LogP contribution in [0.3, 0.4) is 0 Å². The first-order valence-electron chi connectivity index (χ1n) is 5.13. The van der Waals surface area contributed by atoms with Crippen LogP contribution in [0.1, 0.15) is 21.1 Å². The minimum atomic E-state index is -1.11. The Hall–Kier alpha value is -1.59. The second kappa shape index (κ2) is 5.37. The standard InChI is InChI=1S/C12H10ClNO3S/c1-7-6-18-10(14-7)5-17-9-4-2-3-8(13)11(9)12(15)16/h2-4,6H,5H2,1H3,(H,15,16). The van der Waals surface area contributed by atoms with Crippen LogP contribution in [0.25, 0.3) is 0 Å². The molecule has 94 valence electrons. The lowest BCUT2D eigenvalue weighted by molar-refractivity contribution is 0.0692. The Morgan fingerprint density at radius 3 is 2.94 bits per heavy atom. The van der Waals surface area contributed by atoms with E-state index in [2.05, 4.69) is 4.98 Å². The maximum Gasteiger partial charge on any atom is 0.341 e. The zero-order valence-electron chi connectivity index (χ0n) is 9.51. The molecule has 0 bridgehead atoms. The Kier molecular flexibility index (Phi) is 3.84. The van der Waals surface area contributed by atoms with Crippen molar-refractivity contribution < 1.29 is 14.6 Å². The van der Waals surface area contributed by atoms with Gasteiger partial charge in [0.05, 0.1) is 5.02 Å². The quantitative estimate of drug-likeness (QED) is 0.934. The highest BCUT2D eigenvalue weighted by atomic mass is 35.5. The molecule has 0 aliphatic heterocycles. The molecule has 0 aliphatic carbocycles. The number of thiazole rings is 1. The van der Waals surface area contributed by atoms with Gasteiger partial charge in [0.2, 0.25) is 0 Å². The van der Waals surface area contributed by atoms with E-state index in [0.717, 1.165) is 10.7 Å². The molecule has 0 aliphatic rings. The average Bonchev–Trinajstić information content (AvgIpc) is 2.72. The molecule has 0 saturated heterocycles. The molecular formula is C12H10ClNO3S. The van der Waals surface area contributed by atoms with Crippen LogP contribution < -0.4 is 4.74 Å². The molecule has 0 atom stereocenters. The number of nitrogens with zero attached hydrogens (tertiary/aromatic N) is 1. The van der Waals surface area contributed by atoms with Crippen molar-refractivity contribution in [2.75, 3.05) is 0 Å². The highest BCUT2D eigenvalue weighted by Gasteiger charge is 2.15. The third-order valence-corrected chi connectivity index (χ3v) is 3.46. The van der Waals surface area contributed by atoms with Crippen molar-refractivity contribution in [3.8, 4) is 5.75 Å². The van der Waals surface area contributed by atoms with E-state index in [0.29, 0.717) is 0 Å². The molecule has 0 saturated carbocycles. The maximum absolute atomic E-state index is 11.1. The molecule has 2 rings (SSSR count). The molecule has 6 heteroatoms. The molecule has 0 unspecified atom stereocenters. The molecule has 0 fully saturated rings. The Labute approximate surface area is 113 Å². The van der Waals surface area contributed by atoms with Gasteiger partial charge in [0, 0.05) is 11.1 Å². The smallest absolute Gasteiger partial charge is 0.341 e. The summed E-state index contributed by atoms with van der Waals surface area (Å²) in [4.78, 5) is 15.3. The molecular weight excluding hydrogens is 274 g/mol. The largest absolute Gasteiger partial charge is 0.485 e. The van der Waals surface area contributed by atoms with E-state index >= 15 is 0 Å². The second-order valence-corrected chi connectivity index (χ2v) is 4.94. The van der Waals surface area contributed by atoms with Crippen LogP contribution >= 0.6 is 22.9 Å². The Morgan fingerprint density at radius 2 is 2.33 bits per heavy atom. The number of aromatic carboxylic acids is 1. The van der Waals surface area contributed by atoms with Gasteiger partial charge in [-0.2, -0.15) is 0 Å². The molecule has 1 aromatic carbocycles. The summed E-state index contributed by atoms with van der Waals surface area (Å²) < 4.78 is 5.46. The van der Waals surface area contributed by atoms with Crippen LogP contribution in [0.15, 0.2) is 23.6 Å². The lowest BCUT2D eigenvalue weighted by Gasteiger charge is -2.08. The SMILES string of the molecule is Cc1csc(COc2cccc(Cl)c2C(=O)O)n1. The van der Waals surface area contributed by atoms with E-state index in [1.54, 1.807) is 12.1 Å². The highest BCUT2D eigenvalue weighted by molar-refractivity contribution is 7.09. The predicted octanol–water partition coefficient (Wildman–Crippen LogP) is 3.38.